The average molecular weight is 351 g/mol. The molecule has 3 aliphatic carbocycles. The highest BCUT2D eigenvalue weighted by Gasteiger charge is 2.65. The monoisotopic (exact) mass is 351 g/mol. The van der Waals surface area contributed by atoms with Gasteiger partial charge in [0.1, 0.15) is 5.60 Å². The predicted molar refractivity (Wildman–Crippen MR) is 105 cm³/mol. The van der Waals surface area contributed by atoms with Crippen LogP contribution in [0.25, 0.3) is 0 Å². The van der Waals surface area contributed by atoms with Gasteiger partial charge in [-0.1, -0.05) is 62.4 Å². The Hall–Kier alpha value is -1.84. The molecule has 0 heterocycles. The standard InChI is InChI=1S/C23H29NO2/c1-22(2)18-13-20(22)23(25,16-24-19-11-7-4-8-12-19)21(14-18)26-15-17-9-5-3-6-10-17/h3-12,18,20-21,24-25H,13-16H2,1-2H3/t18-,20-,21+,23-/m0/s1. The van der Waals surface area contributed by atoms with Gasteiger partial charge in [0.15, 0.2) is 0 Å². The summed E-state index contributed by atoms with van der Waals surface area (Å²) in [5.74, 6) is 0.913. The molecule has 0 radical (unpaired) electrons. The van der Waals surface area contributed by atoms with E-state index in [4.69, 9.17) is 4.74 Å². The van der Waals surface area contributed by atoms with Crippen molar-refractivity contribution in [1.29, 1.82) is 0 Å². The Balaban J connectivity index is 1.50. The Labute approximate surface area is 156 Å². The van der Waals surface area contributed by atoms with E-state index >= 15 is 0 Å². The van der Waals surface area contributed by atoms with E-state index in [2.05, 4.69) is 31.3 Å². The lowest BCUT2D eigenvalue weighted by Gasteiger charge is -2.65. The number of aliphatic hydroxyl groups is 1. The van der Waals surface area contributed by atoms with Gasteiger partial charge in [-0.25, -0.2) is 0 Å². The summed E-state index contributed by atoms with van der Waals surface area (Å²) in [6, 6.07) is 20.4. The highest BCUT2D eigenvalue weighted by atomic mass is 16.5. The molecule has 0 saturated heterocycles. The van der Waals surface area contributed by atoms with Crippen molar-refractivity contribution in [3.63, 3.8) is 0 Å². The lowest BCUT2D eigenvalue weighted by molar-refractivity contribution is -0.261. The van der Waals surface area contributed by atoms with Gasteiger partial charge in [0.05, 0.1) is 12.7 Å². The zero-order chi connectivity index (χ0) is 18.2. The topological polar surface area (TPSA) is 41.5 Å². The molecule has 0 aromatic heterocycles. The van der Waals surface area contributed by atoms with Crippen LogP contribution in [0, 0.1) is 17.3 Å². The van der Waals surface area contributed by atoms with Crippen LogP contribution in [0.15, 0.2) is 60.7 Å². The van der Waals surface area contributed by atoms with Gasteiger partial charge in [0.25, 0.3) is 0 Å². The van der Waals surface area contributed by atoms with Crippen LogP contribution in [0.1, 0.15) is 32.3 Å². The van der Waals surface area contributed by atoms with Crippen LogP contribution in [0.4, 0.5) is 5.69 Å². The van der Waals surface area contributed by atoms with Crippen molar-refractivity contribution in [1.82, 2.24) is 0 Å². The normalized spacial score (nSPS) is 31.9. The summed E-state index contributed by atoms with van der Waals surface area (Å²) in [6.07, 6.45) is 1.91. The third-order valence-corrected chi connectivity index (χ3v) is 6.77. The van der Waals surface area contributed by atoms with Gasteiger partial charge in [-0.2, -0.15) is 0 Å². The highest BCUT2D eigenvalue weighted by molar-refractivity contribution is 5.43. The molecular formula is C23H29NO2. The van der Waals surface area contributed by atoms with E-state index in [1.54, 1.807) is 0 Å². The fourth-order valence-electron chi connectivity index (χ4n) is 4.97. The number of fused-ring (bicyclic) bond motifs is 2. The molecular weight excluding hydrogens is 322 g/mol. The lowest BCUT2D eigenvalue weighted by Crippen LogP contribution is -2.70. The minimum Gasteiger partial charge on any atom is -0.385 e. The number of rotatable bonds is 6. The number of benzene rings is 2. The molecule has 2 bridgehead atoms. The Morgan fingerprint density at radius 1 is 1.00 bits per heavy atom. The number of hydrogen-bond acceptors (Lipinski definition) is 3. The smallest absolute Gasteiger partial charge is 0.111 e. The van der Waals surface area contributed by atoms with E-state index in [9.17, 15) is 5.11 Å². The first kappa shape index (κ1) is 17.6. The van der Waals surface area contributed by atoms with Gasteiger partial charge in [-0.15, -0.1) is 0 Å². The van der Waals surface area contributed by atoms with Crippen molar-refractivity contribution < 1.29 is 9.84 Å². The first-order valence-electron chi connectivity index (χ1n) is 9.67. The van der Waals surface area contributed by atoms with Gasteiger partial charge in [0, 0.05) is 12.2 Å². The van der Waals surface area contributed by atoms with Gasteiger partial charge in [0.2, 0.25) is 0 Å². The fourth-order valence-corrected chi connectivity index (χ4v) is 4.97. The molecule has 3 saturated carbocycles. The number of hydrogen-bond donors (Lipinski definition) is 2. The van der Waals surface area contributed by atoms with Gasteiger partial charge >= 0.3 is 0 Å². The Kier molecular flexibility index (Phi) is 4.54. The maximum Gasteiger partial charge on any atom is 0.111 e. The molecule has 26 heavy (non-hydrogen) atoms. The zero-order valence-electron chi connectivity index (χ0n) is 15.7. The van der Waals surface area contributed by atoms with E-state index in [-0.39, 0.29) is 17.4 Å². The van der Waals surface area contributed by atoms with Crippen LogP contribution in [0.3, 0.4) is 0 Å². The molecule has 2 N–H and O–H groups in total. The van der Waals surface area contributed by atoms with E-state index in [1.807, 2.05) is 48.5 Å². The molecule has 0 unspecified atom stereocenters. The maximum atomic E-state index is 11.7. The summed E-state index contributed by atoms with van der Waals surface area (Å²) in [5.41, 5.74) is 1.54. The molecule has 0 spiro atoms. The predicted octanol–water partition coefficient (Wildman–Crippen LogP) is 4.48. The molecule has 3 fully saturated rings. The average Bonchev–Trinajstić information content (AvgIpc) is 2.67. The molecule has 5 rings (SSSR count). The van der Waals surface area contributed by atoms with Crippen molar-refractivity contribution in [2.24, 2.45) is 17.3 Å². The van der Waals surface area contributed by atoms with Gasteiger partial charge < -0.3 is 15.2 Å². The van der Waals surface area contributed by atoms with E-state index in [1.165, 1.54) is 0 Å². The third-order valence-electron chi connectivity index (χ3n) is 6.77. The quantitative estimate of drug-likeness (QED) is 0.806. The van der Waals surface area contributed by atoms with Gasteiger partial charge in [-0.3, -0.25) is 0 Å². The van der Waals surface area contributed by atoms with E-state index in [0.29, 0.717) is 19.1 Å². The maximum absolute atomic E-state index is 11.7. The minimum absolute atomic E-state index is 0.129. The number of nitrogens with one attached hydrogen (secondary N) is 1. The number of anilines is 1. The summed E-state index contributed by atoms with van der Waals surface area (Å²) >= 11 is 0. The van der Waals surface area contributed by atoms with E-state index in [0.717, 1.165) is 24.1 Å². The second kappa shape index (κ2) is 6.71. The summed E-state index contributed by atoms with van der Waals surface area (Å²) in [7, 11) is 0. The van der Waals surface area contributed by atoms with Crippen molar-refractivity contribution in [2.45, 2.75) is 45.0 Å². The summed E-state index contributed by atoms with van der Waals surface area (Å²) < 4.78 is 6.28. The molecule has 138 valence electrons. The zero-order valence-corrected chi connectivity index (χ0v) is 15.7. The second-order valence-corrected chi connectivity index (χ2v) is 8.54. The van der Waals surface area contributed by atoms with Crippen molar-refractivity contribution in [2.75, 3.05) is 11.9 Å². The summed E-state index contributed by atoms with van der Waals surface area (Å²) in [4.78, 5) is 0. The number of ether oxygens (including phenoxy) is 1. The van der Waals surface area contributed by atoms with Crippen LogP contribution in [-0.4, -0.2) is 23.4 Å². The molecule has 0 amide bonds. The number of para-hydroxylation sites is 1. The summed E-state index contributed by atoms with van der Waals surface area (Å²) in [5, 5.41) is 15.2. The van der Waals surface area contributed by atoms with Gasteiger partial charge in [-0.05, 0) is 47.8 Å². The molecule has 3 nitrogen and oxygen atoms in total. The SMILES string of the molecule is CC1(C)[C@@H]2C[C@@H](OCc3ccccc3)[C@](O)(CNc3ccccc3)[C@H]1C2. The van der Waals surface area contributed by atoms with Crippen LogP contribution < -0.4 is 5.32 Å². The van der Waals surface area contributed by atoms with Crippen molar-refractivity contribution in [3.05, 3.63) is 66.2 Å². The largest absolute Gasteiger partial charge is 0.385 e. The molecule has 2 aromatic rings. The van der Waals surface area contributed by atoms with Crippen LogP contribution in [0.2, 0.25) is 0 Å². The molecule has 0 aliphatic heterocycles. The molecule has 2 aromatic carbocycles. The van der Waals surface area contributed by atoms with Crippen molar-refractivity contribution >= 4 is 5.69 Å². The first-order valence-corrected chi connectivity index (χ1v) is 9.67. The molecule has 3 aliphatic rings. The third kappa shape index (κ3) is 3.04. The minimum atomic E-state index is -0.844. The van der Waals surface area contributed by atoms with Crippen molar-refractivity contribution in [3.8, 4) is 0 Å². The first-order chi connectivity index (χ1) is 12.5. The fraction of sp³-hybridized carbons (Fsp3) is 0.478. The Bertz CT molecular complexity index is 730. The highest BCUT2D eigenvalue weighted by Crippen LogP contribution is 2.63. The lowest BCUT2D eigenvalue weighted by atomic mass is 9.43. The Morgan fingerprint density at radius 3 is 2.31 bits per heavy atom. The van der Waals surface area contributed by atoms with Crippen LogP contribution in [0.5, 0.6) is 0 Å². The van der Waals surface area contributed by atoms with Crippen LogP contribution >= 0.6 is 0 Å². The molecule has 4 atom stereocenters. The second-order valence-electron chi connectivity index (χ2n) is 8.54. The molecule has 3 heteroatoms. The summed E-state index contributed by atoms with van der Waals surface area (Å²) in [6.45, 7) is 5.68. The van der Waals surface area contributed by atoms with E-state index < -0.39 is 5.60 Å². The van der Waals surface area contributed by atoms with Crippen LogP contribution in [-0.2, 0) is 11.3 Å². The Morgan fingerprint density at radius 2 is 1.65 bits per heavy atom.